The zero-order chi connectivity index (χ0) is 20.4. The molecular weight excluding hydrogens is 385 g/mol. The highest BCUT2D eigenvalue weighted by atomic mass is 19.4. The van der Waals surface area contributed by atoms with Crippen LogP contribution in [0.3, 0.4) is 0 Å². The molecule has 4 rings (SSSR count). The molecule has 0 aromatic heterocycles. The first-order chi connectivity index (χ1) is 13.9. The van der Waals surface area contributed by atoms with Gasteiger partial charge in [-0.1, -0.05) is 6.07 Å². The van der Waals surface area contributed by atoms with Gasteiger partial charge in [-0.3, -0.25) is 10.6 Å². The van der Waals surface area contributed by atoms with E-state index in [1.54, 1.807) is 0 Å². The van der Waals surface area contributed by atoms with E-state index in [9.17, 15) is 18.4 Å². The standard InChI is InChI=1S/C20H25F3N4O2/c21-20(22,23)18-10-13-3-2-8-29-12-14-9-15(25-16-4-1-7-24-11-16)5-6-17(14)19(13)27(28)26-18/h5-6,9-10,16,24-26,28H,1-4,7-8,11-12H2/t16-/m1/s1. The predicted octanol–water partition coefficient (Wildman–Crippen LogP) is 3.53. The number of hydrogen-bond acceptors (Lipinski definition) is 6. The fourth-order valence-corrected chi connectivity index (χ4v) is 4.00. The lowest BCUT2D eigenvalue weighted by atomic mass is 9.96. The Morgan fingerprint density at radius 3 is 2.86 bits per heavy atom. The molecule has 1 saturated heterocycles. The zero-order valence-electron chi connectivity index (χ0n) is 16.0. The third kappa shape index (κ3) is 4.52. The molecule has 1 aromatic rings. The number of nitrogens with zero attached hydrogens (tertiary/aromatic N) is 1. The van der Waals surface area contributed by atoms with E-state index in [0.29, 0.717) is 54.1 Å². The van der Waals surface area contributed by atoms with Gasteiger partial charge in [-0.25, -0.2) is 0 Å². The lowest BCUT2D eigenvalue weighted by molar-refractivity contribution is -0.132. The minimum absolute atomic E-state index is 0.328. The van der Waals surface area contributed by atoms with Gasteiger partial charge in [0.05, 0.1) is 12.3 Å². The number of halogens is 3. The quantitative estimate of drug-likeness (QED) is 0.598. The van der Waals surface area contributed by atoms with Gasteiger partial charge in [0.25, 0.3) is 0 Å². The van der Waals surface area contributed by atoms with Crippen LogP contribution >= 0.6 is 0 Å². The van der Waals surface area contributed by atoms with Crippen LogP contribution in [0.4, 0.5) is 18.9 Å². The van der Waals surface area contributed by atoms with Crippen molar-refractivity contribution in [1.82, 2.24) is 15.9 Å². The minimum Gasteiger partial charge on any atom is -0.381 e. The molecule has 1 fully saturated rings. The molecule has 3 aliphatic rings. The van der Waals surface area contributed by atoms with Crippen molar-refractivity contribution < 1.29 is 23.1 Å². The molecule has 158 valence electrons. The number of benzene rings is 1. The van der Waals surface area contributed by atoms with Crippen LogP contribution in [-0.2, 0) is 11.3 Å². The van der Waals surface area contributed by atoms with Crippen LogP contribution in [0.5, 0.6) is 0 Å². The maximum Gasteiger partial charge on any atom is 0.432 e. The Morgan fingerprint density at radius 2 is 2.10 bits per heavy atom. The van der Waals surface area contributed by atoms with Gasteiger partial charge in [-0.2, -0.15) is 18.3 Å². The fourth-order valence-electron chi connectivity index (χ4n) is 4.00. The molecule has 9 heteroatoms. The van der Waals surface area contributed by atoms with E-state index in [-0.39, 0.29) is 0 Å². The van der Waals surface area contributed by atoms with E-state index in [4.69, 9.17) is 4.74 Å². The SMILES string of the molecule is ON1NC(C(F)(F)F)=CC2=C1c1ccc(N[C@@H]3CCCNC3)cc1COCCC2. The second-order valence-corrected chi connectivity index (χ2v) is 7.57. The molecule has 4 N–H and O–H groups in total. The van der Waals surface area contributed by atoms with E-state index in [1.165, 1.54) is 0 Å². The first kappa shape index (κ1) is 20.1. The van der Waals surface area contributed by atoms with Gasteiger partial charge in [-0.15, -0.1) is 0 Å². The third-order valence-electron chi connectivity index (χ3n) is 5.39. The summed E-state index contributed by atoms with van der Waals surface area (Å²) in [5.74, 6) is 0. The van der Waals surface area contributed by atoms with Crippen LogP contribution in [0.15, 0.2) is 35.5 Å². The number of alkyl halides is 3. The lowest BCUT2D eigenvalue weighted by Gasteiger charge is -2.31. The van der Waals surface area contributed by atoms with E-state index < -0.39 is 11.9 Å². The van der Waals surface area contributed by atoms with Crippen LogP contribution in [0.25, 0.3) is 5.70 Å². The van der Waals surface area contributed by atoms with Crippen molar-refractivity contribution in [3.05, 3.63) is 46.7 Å². The lowest BCUT2D eigenvalue weighted by Crippen LogP contribution is -2.41. The van der Waals surface area contributed by atoms with E-state index >= 15 is 0 Å². The molecule has 1 aromatic carbocycles. The number of anilines is 1. The maximum absolute atomic E-state index is 13.2. The summed E-state index contributed by atoms with van der Waals surface area (Å²) in [5.41, 5.74) is 4.24. The molecule has 0 spiro atoms. The van der Waals surface area contributed by atoms with Gasteiger partial charge >= 0.3 is 6.18 Å². The number of piperidine rings is 1. The molecule has 0 saturated carbocycles. The van der Waals surface area contributed by atoms with E-state index in [1.807, 2.05) is 23.6 Å². The van der Waals surface area contributed by atoms with Crippen LogP contribution < -0.4 is 16.1 Å². The molecule has 0 aliphatic carbocycles. The second kappa shape index (κ2) is 8.25. The summed E-state index contributed by atoms with van der Waals surface area (Å²) in [5, 5.41) is 17.7. The minimum atomic E-state index is -4.57. The highest BCUT2D eigenvalue weighted by molar-refractivity contribution is 5.74. The van der Waals surface area contributed by atoms with E-state index in [2.05, 4.69) is 10.6 Å². The maximum atomic E-state index is 13.2. The monoisotopic (exact) mass is 410 g/mol. The Bertz CT molecular complexity index is 816. The normalized spacial score (nSPS) is 23.1. The summed E-state index contributed by atoms with van der Waals surface area (Å²) >= 11 is 0. The number of nitrogens with one attached hydrogen (secondary N) is 3. The Kier molecular flexibility index (Phi) is 5.71. The summed E-state index contributed by atoms with van der Waals surface area (Å²) in [4.78, 5) is 0. The molecule has 3 aliphatic heterocycles. The van der Waals surface area contributed by atoms with Gasteiger partial charge in [0.15, 0.2) is 0 Å². The molecule has 0 amide bonds. The number of hydroxylamine groups is 1. The smallest absolute Gasteiger partial charge is 0.381 e. The number of ether oxygens (including phenoxy) is 1. The van der Waals surface area contributed by atoms with Crippen LogP contribution in [0.1, 0.15) is 36.8 Å². The number of fused-ring (bicyclic) bond motifs is 2. The second-order valence-electron chi connectivity index (χ2n) is 7.57. The Hall–Kier alpha value is -2.23. The fraction of sp³-hybridized carbons (Fsp3) is 0.500. The van der Waals surface area contributed by atoms with Crippen molar-refractivity contribution >= 4 is 11.4 Å². The van der Waals surface area contributed by atoms with Crippen molar-refractivity contribution in [3.63, 3.8) is 0 Å². The van der Waals surface area contributed by atoms with Crippen molar-refractivity contribution in [2.75, 3.05) is 25.0 Å². The van der Waals surface area contributed by atoms with Gasteiger partial charge in [-0.05, 0) is 61.6 Å². The Morgan fingerprint density at radius 1 is 1.24 bits per heavy atom. The summed E-state index contributed by atoms with van der Waals surface area (Å²) < 4.78 is 45.3. The van der Waals surface area contributed by atoms with Gasteiger partial charge < -0.3 is 15.4 Å². The van der Waals surface area contributed by atoms with Gasteiger partial charge in [0.2, 0.25) is 0 Å². The number of rotatable bonds is 2. The molecule has 0 unspecified atom stereocenters. The Balaban J connectivity index is 1.70. The summed E-state index contributed by atoms with van der Waals surface area (Å²) in [6.45, 7) is 2.69. The molecular formula is C20H25F3N4O2. The summed E-state index contributed by atoms with van der Waals surface area (Å²) in [7, 11) is 0. The molecule has 0 radical (unpaired) electrons. The average Bonchev–Trinajstić information content (AvgIpc) is 2.76. The average molecular weight is 410 g/mol. The van der Waals surface area contributed by atoms with Crippen molar-refractivity contribution in [3.8, 4) is 0 Å². The zero-order valence-corrected chi connectivity index (χ0v) is 16.0. The molecule has 3 heterocycles. The predicted molar refractivity (Wildman–Crippen MR) is 103 cm³/mol. The number of allylic oxidation sites excluding steroid dienone is 3. The number of hydrogen-bond donors (Lipinski definition) is 4. The summed E-state index contributed by atoms with van der Waals surface area (Å²) in [6, 6.07) is 6.01. The van der Waals surface area contributed by atoms with Gasteiger partial charge in [0.1, 0.15) is 5.70 Å². The van der Waals surface area contributed by atoms with Gasteiger partial charge in [0, 0.05) is 30.4 Å². The number of hydrazine groups is 1. The first-order valence-electron chi connectivity index (χ1n) is 9.88. The highest BCUT2D eigenvalue weighted by Crippen LogP contribution is 2.37. The highest BCUT2D eigenvalue weighted by Gasteiger charge is 2.38. The molecule has 29 heavy (non-hydrogen) atoms. The topological polar surface area (TPSA) is 68.8 Å². The van der Waals surface area contributed by atoms with Crippen LogP contribution in [0, 0.1) is 0 Å². The van der Waals surface area contributed by atoms with Crippen LogP contribution in [-0.4, -0.2) is 42.3 Å². The third-order valence-corrected chi connectivity index (χ3v) is 5.39. The Labute approximate surface area is 167 Å². The van der Waals surface area contributed by atoms with E-state index in [0.717, 1.165) is 43.3 Å². The van der Waals surface area contributed by atoms with Crippen molar-refractivity contribution in [1.29, 1.82) is 0 Å². The molecule has 0 bridgehead atoms. The largest absolute Gasteiger partial charge is 0.432 e. The van der Waals surface area contributed by atoms with Crippen molar-refractivity contribution in [2.45, 2.75) is 44.5 Å². The summed E-state index contributed by atoms with van der Waals surface area (Å²) in [6.07, 6.45) is -0.353. The van der Waals surface area contributed by atoms with Crippen molar-refractivity contribution in [2.24, 2.45) is 0 Å². The first-order valence-corrected chi connectivity index (χ1v) is 9.88. The molecule has 6 nitrogen and oxygen atoms in total. The van der Waals surface area contributed by atoms with Crippen LogP contribution in [0.2, 0.25) is 0 Å². The molecule has 1 atom stereocenters.